The first-order chi connectivity index (χ1) is 6.97. The highest BCUT2D eigenvalue weighted by Crippen LogP contribution is 2.55. The molecular formula is C5H12BrO8P2-. The Morgan fingerprint density at radius 3 is 2.31 bits per heavy atom. The summed E-state index contributed by atoms with van der Waals surface area (Å²) < 4.78 is 28.7. The van der Waals surface area contributed by atoms with E-state index in [1.165, 1.54) is 6.92 Å². The standard InChI is InChI=1S/C5H13BrO8P2/c1-5(7,4-6)2-3-13-16(11,12)14-15(8,9)10/h7H,2-4H2,1H3,(H,11,12)(H2,8,9,10)/p-1. The molecule has 0 aliphatic carbocycles. The van der Waals surface area contributed by atoms with Crippen molar-refractivity contribution in [2.45, 2.75) is 18.9 Å². The fourth-order valence-electron chi connectivity index (χ4n) is 0.602. The van der Waals surface area contributed by atoms with Gasteiger partial charge in [0.2, 0.25) is 0 Å². The minimum Gasteiger partial charge on any atom is -0.756 e. The van der Waals surface area contributed by atoms with E-state index in [9.17, 15) is 19.1 Å². The summed E-state index contributed by atoms with van der Waals surface area (Å²) in [7, 11) is -10.2. The number of phosphoric ester groups is 1. The summed E-state index contributed by atoms with van der Waals surface area (Å²) in [5, 5.41) is 9.66. The molecule has 0 spiro atoms. The topological polar surface area (TPSA) is 136 Å². The van der Waals surface area contributed by atoms with Gasteiger partial charge in [0.1, 0.15) is 0 Å². The number of hydrogen-bond acceptors (Lipinski definition) is 6. The molecule has 8 nitrogen and oxygen atoms in total. The summed E-state index contributed by atoms with van der Waals surface area (Å²) in [5.74, 6) is 0. The van der Waals surface area contributed by atoms with Crippen LogP contribution in [-0.2, 0) is 18.0 Å². The predicted octanol–water partition coefficient (Wildman–Crippen LogP) is 0.117. The van der Waals surface area contributed by atoms with Gasteiger partial charge >= 0.3 is 7.82 Å². The first kappa shape index (κ1) is 16.7. The van der Waals surface area contributed by atoms with E-state index in [2.05, 4.69) is 24.8 Å². The molecule has 0 fully saturated rings. The number of rotatable bonds is 7. The molecule has 0 bridgehead atoms. The first-order valence-corrected chi connectivity index (χ1v) is 8.09. The average Bonchev–Trinajstić information content (AvgIpc) is 1.98. The Balaban J connectivity index is 4.11. The van der Waals surface area contributed by atoms with Gasteiger partial charge in [0.25, 0.3) is 7.82 Å². The van der Waals surface area contributed by atoms with Crippen LogP contribution in [0.2, 0.25) is 0 Å². The Hall–Kier alpha value is 0.700. The first-order valence-electron chi connectivity index (χ1n) is 3.98. The van der Waals surface area contributed by atoms with Crippen molar-refractivity contribution in [3.05, 3.63) is 0 Å². The molecule has 0 aromatic carbocycles. The van der Waals surface area contributed by atoms with Crippen molar-refractivity contribution in [2.24, 2.45) is 0 Å². The SMILES string of the molecule is CC(O)(CBr)CCOP(=O)(O)OP(=O)([O-])O. The van der Waals surface area contributed by atoms with Crippen LogP contribution >= 0.6 is 31.6 Å². The van der Waals surface area contributed by atoms with E-state index in [1.54, 1.807) is 0 Å². The Labute approximate surface area is 101 Å². The van der Waals surface area contributed by atoms with E-state index in [-0.39, 0.29) is 11.8 Å². The highest BCUT2D eigenvalue weighted by Gasteiger charge is 2.28. The smallest absolute Gasteiger partial charge is 0.478 e. The van der Waals surface area contributed by atoms with Gasteiger partial charge in [-0.1, -0.05) is 15.9 Å². The van der Waals surface area contributed by atoms with Crippen molar-refractivity contribution in [3.8, 4) is 0 Å². The van der Waals surface area contributed by atoms with E-state index < -0.39 is 27.9 Å². The van der Waals surface area contributed by atoms with Crippen LogP contribution in [0.25, 0.3) is 0 Å². The summed E-state index contributed by atoms with van der Waals surface area (Å²) in [5.41, 5.74) is -1.17. The van der Waals surface area contributed by atoms with Crippen LogP contribution < -0.4 is 4.89 Å². The molecule has 0 heterocycles. The van der Waals surface area contributed by atoms with E-state index in [4.69, 9.17) is 9.79 Å². The molecule has 0 amide bonds. The van der Waals surface area contributed by atoms with Crippen LogP contribution in [-0.4, -0.2) is 32.4 Å². The lowest BCUT2D eigenvalue weighted by Gasteiger charge is -2.22. The largest absolute Gasteiger partial charge is 0.756 e. The Morgan fingerprint density at radius 2 is 1.94 bits per heavy atom. The zero-order valence-electron chi connectivity index (χ0n) is 8.28. The second kappa shape index (κ2) is 6.04. The normalized spacial score (nSPS) is 23.1. The van der Waals surface area contributed by atoms with Gasteiger partial charge in [-0.05, 0) is 6.92 Å². The predicted molar refractivity (Wildman–Crippen MR) is 55.7 cm³/mol. The number of aliphatic hydroxyl groups is 1. The molecule has 16 heavy (non-hydrogen) atoms. The monoisotopic (exact) mass is 341 g/mol. The molecule has 0 aliphatic rings. The van der Waals surface area contributed by atoms with Crippen molar-refractivity contribution in [1.82, 2.24) is 0 Å². The van der Waals surface area contributed by atoms with E-state index in [0.29, 0.717) is 0 Å². The van der Waals surface area contributed by atoms with Crippen molar-refractivity contribution in [3.63, 3.8) is 0 Å². The average molecular weight is 342 g/mol. The molecular weight excluding hydrogens is 330 g/mol. The molecule has 0 saturated carbocycles. The third-order valence-electron chi connectivity index (χ3n) is 1.39. The zero-order chi connectivity index (χ0) is 13.0. The number of hydrogen-bond donors (Lipinski definition) is 3. The second-order valence-corrected chi connectivity index (χ2v) is 6.58. The lowest BCUT2D eigenvalue weighted by atomic mass is 10.1. The highest BCUT2D eigenvalue weighted by atomic mass is 79.9. The Kier molecular flexibility index (Phi) is 6.30. The van der Waals surface area contributed by atoms with Gasteiger partial charge in [0, 0.05) is 11.8 Å². The highest BCUT2D eigenvalue weighted by molar-refractivity contribution is 9.09. The van der Waals surface area contributed by atoms with E-state index in [1.807, 2.05) is 0 Å². The molecule has 0 rings (SSSR count). The summed E-state index contributed by atoms with van der Waals surface area (Å²) in [6, 6.07) is 0. The summed E-state index contributed by atoms with van der Waals surface area (Å²) in [6.45, 7) is 1.03. The lowest BCUT2D eigenvalue weighted by molar-refractivity contribution is -0.212. The Morgan fingerprint density at radius 1 is 1.44 bits per heavy atom. The fraction of sp³-hybridized carbons (Fsp3) is 1.00. The maximum atomic E-state index is 10.9. The van der Waals surface area contributed by atoms with Crippen LogP contribution in [0.3, 0.4) is 0 Å². The molecule has 98 valence electrons. The second-order valence-electron chi connectivity index (χ2n) is 3.23. The Bertz CT molecular complexity index is 312. The third-order valence-corrected chi connectivity index (χ3v) is 4.76. The zero-order valence-corrected chi connectivity index (χ0v) is 11.7. The van der Waals surface area contributed by atoms with Gasteiger partial charge in [-0.3, -0.25) is 9.09 Å². The molecule has 11 heteroatoms. The van der Waals surface area contributed by atoms with Gasteiger partial charge in [-0.2, -0.15) is 0 Å². The lowest BCUT2D eigenvalue weighted by Crippen LogP contribution is -2.27. The van der Waals surface area contributed by atoms with Crippen molar-refractivity contribution in [2.75, 3.05) is 11.9 Å². The molecule has 0 saturated heterocycles. The number of halogens is 1. The van der Waals surface area contributed by atoms with Gasteiger partial charge in [0.05, 0.1) is 12.2 Å². The van der Waals surface area contributed by atoms with Gasteiger partial charge in [-0.15, -0.1) is 0 Å². The van der Waals surface area contributed by atoms with Crippen molar-refractivity contribution < 1.29 is 37.8 Å². The molecule has 3 N–H and O–H groups in total. The molecule has 0 aromatic heterocycles. The van der Waals surface area contributed by atoms with Crippen molar-refractivity contribution in [1.29, 1.82) is 0 Å². The summed E-state index contributed by atoms with van der Waals surface area (Å²) in [4.78, 5) is 27.1. The van der Waals surface area contributed by atoms with Gasteiger partial charge < -0.3 is 19.8 Å². The van der Waals surface area contributed by atoms with Crippen LogP contribution in [0.5, 0.6) is 0 Å². The molecule has 3 unspecified atom stereocenters. The maximum absolute atomic E-state index is 10.9. The van der Waals surface area contributed by atoms with Gasteiger partial charge in [0.15, 0.2) is 0 Å². The third kappa shape index (κ3) is 8.81. The van der Waals surface area contributed by atoms with E-state index >= 15 is 0 Å². The molecule has 0 radical (unpaired) electrons. The van der Waals surface area contributed by atoms with Gasteiger partial charge in [-0.25, -0.2) is 8.88 Å². The van der Waals surface area contributed by atoms with Crippen LogP contribution in [0.15, 0.2) is 0 Å². The maximum Gasteiger partial charge on any atom is 0.478 e. The fourth-order valence-corrected chi connectivity index (χ4v) is 2.44. The quantitative estimate of drug-likeness (QED) is 0.438. The van der Waals surface area contributed by atoms with Crippen LogP contribution in [0, 0.1) is 0 Å². The number of alkyl halides is 1. The molecule has 3 atom stereocenters. The van der Waals surface area contributed by atoms with Crippen molar-refractivity contribution >= 4 is 31.6 Å². The molecule has 0 aliphatic heterocycles. The molecule has 0 aromatic rings. The number of phosphoric acid groups is 2. The summed E-state index contributed by atoms with van der Waals surface area (Å²) in [6.07, 6.45) is -0.0270. The van der Waals surface area contributed by atoms with E-state index in [0.717, 1.165) is 0 Å². The minimum atomic E-state index is -5.33. The summed E-state index contributed by atoms with van der Waals surface area (Å²) >= 11 is 3.00. The minimum absolute atomic E-state index is 0.0270. The van der Waals surface area contributed by atoms with Crippen LogP contribution in [0.1, 0.15) is 13.3 Å². The van der Waals surface area contributed by atoms with Crippen LogP contribution in [0.4, 0.5) is 0 Å².